The number of amides is 1. The van der Waals surface area contributed by atoms with Gasteiger partial charge in [0.2, 0.25) is 5.91 Å². The highest BCUT2D eigenvalue weighted by molar-refractivity contribution is 5.78. The van der Waals surface area contributed by atoms with Crippen LogP contribution >= 0.6 is 0 Å². The standard InChI is InChI=1S/C27H30N2O6/c30-25-9-4-8-23-22(18-19-6-2-1-3-7-19)24(14-16-27(23)15-5-17-28(25)27)35-26(31)34-21-12-10-20(11-13-21)29(32)33/h1-3,6-7,10-13,22-24H,4-5,8-9,14-18H2/t22-,23+,24+,27-/m0/s1. The molecule has 1 aliphatic carbocycles. The predicted molar refractivity (Wildman–Crippen MR) is 128 cm³/mol. The van der Waals surface area contributed by atoms with E-state index in [1.807, 2.05) is 18.2 Å². The molecule has 3 fully saturated rings. The molecule has 1 saturated carbocycles. The van der Waals surface area contributed by atoms with E-state index in [1.165, 1.54) is 29.8 Å². The minimum Gasteiger partial charge on any atom is -0.430 e. The maximum absolute atomic E-state index is 12.9. The highest BCUT2D eigenvalue weighted by Gasteiger charge is 2.56. The zero-order valence-corrected chi connectivity index (χ0v) is 19.6. The maximum Gasteiger partial charge on any atom is 0.514 e. The zero-order chi connectivity index (χ0) is 24.4. The van der Waals surface area contributed by atoms with E-state index in [4.69, 9.17) is 9.47 Å². The number of carbonyl (C=O) groups excluding carboxylic acids is 2. The van der Waals surface area contributed by atoms with E-state index in [9.17, 15) is 19.7 Å². The van der Waals surface area contributed by atoms with Crippen LogP contribution in [0.2, 0.25) is 0 Å². The van der Waals surface area contributed by atoms with Crippen molar-refractivity contribution < 1.29 is 24.0 Å². The number of nitrogens with zero attached hydrogens (tertiary/aromatic N) is 2. The Morgan fingerprint density at radius 3 is 2.57 bits per heavy atom. The molecule has 2 aromatic rings. The number of carbonyl (C=O) groups is 2. The number of nitro benzene ring substituents is 1. The van der Waals surface area contributed by atoms with Gasteiger partial charge in [0.15, 0.2) is 0 Å². The topological polar surface area (TPSA) is 99.0 Å². The summed E-state index contributed by atoms with van der Waals surface area (Å²) in [6.45, 7) is 0.821. The van der Waals surface area contributed by atoms with Crippen LogP contribution in [0.3, 0.4) is 0 Å². The van der Waals surface area contributed by atoms with Crippen LogP contribution in [0.1, 0.15) is 50.5 Å². The predicted octanol–water partition coefficient (Wildman–Crippen LogP) is 5.29. The molecule has 2 heterocycles. The second-order valence-electron chi connectivity index (χ2n) is 9.90. The van der Waals surface area contributed by atoms with Crippen molar-refractivity contribution in [1.82, 2.24) is 4.90 Å². The summed E-state index contributed by atoms with van der Waals surface area (Å²) >= 11 is 0. The van der Waals surface area contributed by atoms with Crippen LogP contribution in [0.4, 0.5) is 10.5 Å². The van der Waals surface area contributed by atoms with E-state index >= 15 is 0 Å². The smallest absolute Gasteiger partial charge is 0.430 e. The van der Waals surface area contributed by atoms with Gasteiger partial charge in [0.05, 0.1) is 4.92 Å². The number of hydrogen-bond donors (Lipinski definition) is 0. The maximum atomic E-state index is 12.9. The normalized spacial score (nSPS) is 27.9. The van der Waals surface area contributed by atoms with Gasteiger partial charge < -0.3 is 14.4 Å². The van der Waals surface area contributed by atoms with Gasteiger partial charge in [0.25, 0.3) is 5.69 Å². The first-order valence-electron chi connectivity index (χ1n) is 12.4. The number of hydrogen-bond acceptors (Lipinski definition) is 6. The van der Waals surface area contributed by atoms with Crippen LogP contribution in [0.5, 0.6) is 5.75 Å². The fraction of sp³-hybridized carbons (Fsp3) is 0.481. The molecule has 0 radical (unpaired) electrons. The zero-order valence-electron chi connectivity index (χ0n) is 19.6. The molecular weight excluding hydrogens is 448 g/mol. The van der Waals surface area contributed by atoms with E-state index in [0.717, 1.165) is 45.1 Å². The van der Waals surface area contributed by atoms with E-state index in [2.05, 4.69) is 17.0 Å². The fourth-order valence-electron chi connectivity index (χ4n) is 6.65. The van der Waals surface area contributed by atoms with Gasteiger partial charge in [-0.15, -0.1) is 0 Å². The highest BCUT2D eigenvalue weighted by Crippen LogP contribution is 2.53. The lowest BCUT2D eigenvalue weighted by molar-refractivity contribution is -0.384. The van der Waals surface area contributed by atoms with E-state index in [0.29, 0.717) is 12.8 Å². The number of ether oxygens (including phenoxy) is 2. The van der Waals surface area contributed by atoms with Gasteiger partial charge in [-0.05, 0) is 68.6 Å². The molecular formula is C27H30N2O6. The van der Waals surface area contributed by atoms with Gasteiger partial charge in [0.1, 0.15) is 11.9 Å². The van der Waals surface area contributed by atoms with E-state index < -0.39 is 11.1 Å². The van der Waals surface area contributed by atoms with Crippen molar-refractivity contribution in [1.29, 1.82) is 0 Å². The highest BCUT2D eigenvalue weighted by atomic mass is 16.7. The molecule has 2 aromatic carbocycles. The summed E-state index contributed by atoms with van der Waals surface area (Å²) in [5.74, 6) is 0.791. The molecule has 1 spiro atoms. The van der Waals surface area contributed by atoms with Gasteiger partial charge in [-0.1, -0.05) is 30.3 Å². The molecule has 2 aliphatic heterocycles. The lowest BCUT2D eigenvalue weighted by atomic mass is 9.62. The summed E-state index contributed by atoms with van der Waals surface area (Å²) < 4.78 is 11.3. The van der Waals surface area contributed by atoms with E-state index in [-0.39, 0.29) is 40.8 Å². The third-order valence-electron chi connectivity index (χ3n) is 8.09. The van der Waals surface area contributed by atoms with Crippen molar-refractivity contribution in [2.45, 2.75) is 63.0 Å². The molecule has 5 rings (SSSR count). The minimum absolute atomic E-state index is 0.0714. The molecule has 3 aliphatic rings. The Morgan fingerprint density at radius 2 is 1.83 bits per heavy atom. The van der Waals surface area contributed by atoms with Crippen molar-refractivity contribution in [2.24, 2.45) is 11.8 Å². The SMILES string of the molecule is O=C(Oc1ccc([N+](=O)[O-])cc1)O[C@@H]1CC[C@]23CCCN2C(=O)CCC[C@@H]3[C@@H]1Cc1ccccc1. The Kier molecular flexibility index (Phi) is 6.45. The quantitative estimate of drug-likeness (QED) is 0.250. The largest absolute Gasteiger partial charge is 0.514 e. The number of rotatable bonds is 5. The summed E-state index contributed by atoms with van der Waals surface area (Å²) in [5, 5.41) is 10.9. The first-order chi connectivity index (χ1) is 17.0. The van der Waals surface area contributed by atoms with Gasteiger partial charge in [-0.2, -0.15) is 0 Å². The third-order valence-corrected chi connectivity index (χ3v) is 8.09. The Balaban J connectivity index is 1.37. The summed E-state index contributed by atoms with van der Waals surface area (Å²) in [7, 11) is 0. The third kappa shape index (κ3) is 4.61. The van der Waals surface area contributed by atoms with Crippen LogP contribution in [0.25, 0.3) is 0 Å². The molecule has 35 heavy (non-hydrogen) atoms. The van der Waals surface area contributed by atoms with Crippen molar-refractivity contribution in [3.63, 3.8) is 0 Å². The first-order valence-corrected chi connectivity index (χ1v) is 12.4. The van der Waals surface area contributed by atoms with Gasteiger partial charge >= 0.3 is 6.16 Å². The molecule has 0 unspecified atom stereocenters. The molecule has 1 amide bonds. The molecule has 0 bridgehead atoms. The lowest BCUT2D eigenvalue weighted by Gasteiger charge is -2.52. The molecule has 184 valence electrons. The van der Waals surface area contributed by atoms with Gasteiger partial charge in [-0.25, -0.2) is 4.79 Å². The molecule has 0 N–H and O–H groups in total. The number of non-ortho nitro benzene ring substituents is 1. The minimum atomic E-state index is -0.800. The summed E-state index contributed by atoms with van der Waals surface area (Å²) in [5.41, 5.74) is 0.970. The van der Waals surface area contributed by atoms with Gasteiger partial charge in [-0.3, -0.25) is 14.9 Å². The Labute approximate surface area is 204 Å². The lowest BCUT2D eigenvalue weighted by Crippen LogP contribution is -2.58. The Bertz CT molecular complexity index is 1090. The molecule has 0 aromatic heterocycles. The molecule has 4 atom stereocenters. The summed E-state index contributed by atoms with van der Waals surface area (Å²) in [4.78, 5) is 38.2. The molecule has 8 heteroatoms. The summed E-state index contributed by atoms with van der Waals surface area (Å²) in [6, 6.07) is 15.6. The van der Waals surface area contributed by atoms with Crippen molar-refractivity contribution in [3.8, 4) is 5.75 Å². The first kappa shape index (κ1) is 23.3. The van der Waals surface area contributed by atoms with Crippen LogP contribution < -0.4 is 4.74 Å². The number of benzene rings is 2. The Hall–Kier alpha value is -3.42. The Morgan fingerprint density at radius 1 is 1.06 bits per heavy atom. The molecule has 8 nitrogen and oxygen atoms in total. The fourth-order valence-corrected chi connectivity index (χ4v) is 6.65. The second kappa shape index (κ2) is 9.68. The van der Waals surface area contributed by atoms with Crippen LogP contribution in [-0.2, 0) is 16.0 Å². The molecule has 2 saturated heterocycles. The second-order valence-corrected chi connectivity index (χ2v) is 9.90. The van der Waals surface area contributed by atoms with Crippen molar-refractivity contribution in [3.05, 3.63) is 70.3 Å². The average molecular weight is 479 g/mol. The van der Waals surface area contributed by atoms with Crippen molar-refractivity contribution >= 4 is 17.7 Å². The summed E-state index contributed by atoms with van der Waals surface area (Å²) in [6.07, 6.45) is 5.55. The monoisotopic (exact) mass is 478 g/mol. The van der Waals surface area contributed by atoms with Crippen LogP contribution in [-0.4, -0.2) is 40.1 Å². The average Bonchev–Trinajstić information content (AvgIpc) is 3.22. The number of nitro groups is 1. The van der Waals surface area contributed by atoms with Gasteiger partial charge in [0, 0.05) is 36.6 Å². The van der Waals surface area contributed by atoms with E-state index in [1.54, 1.807) is 0 Å². The van der Waals surface area contributed by atoms with Crippen molar-refractivity contribution in [2.75, 3.05) is 6.54 Å². The van der Waals surface area contributed by atoms with Crippen LogP contribution in [0.15, 0.2) is 54.6 Å². The van der Waals surface area contributed by atoms with Crippen LogP contribution in [0, 0.1) is 22.0 Å².